The van der Waals surface area contributed by atoms with Crippen LogP contribution in [0.5, 0.6) is 5.75 Å². The number of carbonyl (C=O) groups excluding carboxylic acids is 1. The smallest absolute Gasteiger partial charge is 0.252 e. The largest absolute Gasteiger partial charge is 0.492 e. The molecule has 0 radical (unpaired) electrons. The van der Waals surface area contributed by atoms with Gasteiger partial charge in [-0.1, -0.05) is 0 Å². The van der Waals surface area contributed by atoms with Gasteiger partial charge in [0, 0.05) is 17.6 Å². The fourth-order valence-corrected chi connectivity index (χ4v) is 1.60. The van der Waals surface area contributed by atoms with E-state index in [1.807, 2.05) is 6.92 Å². The molecule has 0 atom stereocenters. The number of anilines is 1. The van der Waals surface area contributed by atoms with Crippen LogP contribution in [0.15, 0.2) is 42.6 Å². The van der Waals surface area contributed by atoms with E-state index in [0.29, 0.717) is 24.4 Å². The first kappa shape index (κ1) is 13.9. The number of pyridine rings is 1. The van der Waals surface area contributed by atoms with E-state index in [2.05, 4.69) is 10.3 Å². The predicted octanol–water partition coefficient (Wildman–Crippen LogP) is 1.78. The summed E-state index contributed by atoms with van der Waals surface area (Å²) in [5.41, 5.74) is 7.70. The number of rotatable bonds is 5. The average molecular weight is 271 g/mol. The van der Waals surface area contributed by atoms with Gasteiger partial charge >= 0.3 is 0 Å². The van der Waals surface area contributed by atoms with Crippen LogP contribution in [0.25, 0.3) is 0 Å². The second-order valence-electron chi connectivity index (χ2n) is 4.36. The third-order valence-electron chi connectivity index (χ3n) is 2.71. The second kappa shape index (κ2) is 6.56. The third-order valence-corrected chi connectivity index (χ3v) is 2.71. The molecule has 2 aromatic rings. The molecule has 0 aliphatic heterocycles. The SMILES string of the molecule is Cc1ccc(C(=O)NCCOc2ccc(N)cc2)cn1. The molecule has 0 aliphatic rings. The van der Waals surface area contributed by atoms with Crippen molar-refractivity contribution in [3.63, 3.8) is 0 Å². The number of benzene rings is 1. The summed E-state index contributed by atoms with van der Waals surface area (Å²) >= 11 is 0. The molecule has 0 saturated carbocycles. The van der Waals surface area contributed by atoms with Crippen molar-refractivity contribution in [1.82, 2.24) is 10.3 Å². The van der Waals surface area contributed by atoms with E-state index in [4.69, 9.17) is 10.5 Å². The van der Waals surface area contributed by atoms with E-state index >= 15 is 0 Å². The van der Waals surface area contributed by atoms with Gasteiger partial charge in [-0.15, -0.1) is 0 Å². The number of nitrogen functional groups attached to an aromatic ring is 1. The van der Waals surface area contributed by atoms with Crippen LogP contribution in [0, 0.1) is 6.92 Å². The lowest BCUT2D eigenvalue weighted by molar-refractivity contribution is 0.0946. The number of nitrogens with one attached hydrogen (secondary N) is 1. The highest BCUT2D eigenvalue weighted by molar-refractivity contribution is 5.93. The molecule has 1 aromatic heterocycles. The van der Waals surface area contributed by atoms with E-state index in [0.717, 1.165) is 11.4 Å². The van der Waals surface area contributed by atoms with Gasteiger partial charge in [0.15, 0.2) is 0 Å². The Balaban J connectivity index is 1.74. The fraction of sp³-hybridized carbons (Fsp3) is 0.200. The van der Waals surface area contributed by atoms with Gasteiger partial charge < -0.3 is 15.8 Å². The zero-order valence-corrected chi connectivity index (χ0v) is 11.3. The topological polar surface area (TPSA) is 77.2 Å². The molecule has 0 saturated heterocycles. The number of carbonyl (C=O) groups is 1. The molecular formula is C15H17N3O2. The molecule has 1 amide bonds. The average Bonchev–Trinajstić information content (AvgIpc) is 2.46. The maximum Gasteiger partial charge on any atom is 0.252 e. The zero-order chi connectivity index (χ0) is 14.4. The number of aromatic nitrogens is 1. The summed E-state index contributed by atoms with van der Waals surface area (Å²) in [5, 5.41) is 2.77. The molecule has 0 fully saturated rings. The van der Waals surface area contributed by atoms with E-state index in [1.54, 1.807) is 42.6 Å². The molecule has 104 valence electrons. The summed E-state index contributed by atoms with van der Waals surface area (Å²) in [6, 6.07) is 10.7. The van der Waals surface area contributed by atoms with E-state index in [-0.39, 0.29) is 5.91 Å². The molecule has 1 aromatic carbocycles. The van der Waals surface area contributed by atoms with Crippen molar-refractivity contribution in [2.75, 3.05) is 18.9 Å². The molecule has 0 unspecified atom stereocenters. The highest BCUT2D eigenvalue weighted by atomic mass is 16.5. The maximum atomic E-state index is 11.8. The first-order valence-corrected chi connectivity index (χ1v) is 6.34. The fourth-order valence-electron chi connectivity index (χ4n) is 1.60. The van der Waals surface area contributed by atoms with Crippen molar-refractivity contribution in [3.05, 3.63) is 53.9 Å². The predicted molar refractivity (Wildman–Crippen MR) is 77.7 cm³/mol. The Morgan fingerprint density at radius 2 is 2.00 bits per heavy atom. The van der Waals surface area contributed by atoms with Crippen molar-refractivity contribution in [3.8, 4) is 5.75 Å². The van der Waals surface area contributed by atoms with Crippen LogP contribution in [0.2, 0.25) is 0 Å². The molecule has 5 heteroatoms. The Bertz CT molecular complexity index is 565. The number of amides is 1. The zero-order valence-electron chi connectivity index (χ0n) is 11.3. The van der Waals surface area contributed by atoms with Crippen molar-refractivity contribution in [1.29, 1.82) is 0 Å². The van der Waals surface area contributed by atoms with Crippen LogP contribution in [-0.2, 0) is 0 Å². The Morgan fingerprint density at radius 3 is 2.65 bits per heavy atom. The second-order valence-corrected chi connectivity index (χ2v) is 4.36. The van der Waals surface area contributed by atoms with Gasteiger partial charge in [0.2, 0.25) is 0 Å². The first-order valence-electron chi connectivity index (χ1n) is 6.34. The highest BCUT2D eigenvalue weighted by Gasteiger charge is 2.04. The van der Waals surface area contributed by atoms with Crippen LogP contribution in [-0.4, -0.2) is 24.0 Å². The summed E-state index contributed by atoms with van der Waals surface area (Å²) < 4.78 is 5.48. The third kappa shape index (κ3) is 3.98. The summed E-state index contributed by atoms with van der Waals surface area (Å²) in [4.78, 5) is 15.9. The number of hydrogen-bond acceptors (Lipinski definition) is 4. The number of hydrogen-bond donors (Lipinski definition) is 2. The summed E-state index contributed by atoms with van der Waals surface area (Å²) in [7, 11) is 0. The lowest BCUT2D eigenvalue weighted by Gasteiger charge is -2.08. The Kier molecular flexibility index (Phi) is 4.55. The summed E-state index contributed by atoms with van der Waals surface area (Å²) in [5.74, 6) is 0.573. The lowest BCUT2D eigenvalue weighted by atomic mass is 10.2. The standard InChI is InChI=1S/C15H17N3O2/c1-11-2-3-12(10-18-11)15(19)17-8-9-20-14-6-4-13(16)5-7-14/h2-7,10H,8-9,16H2,1H3,(H,17,19). The summed E-state index contributed by atoms with van der Waals surface area (Å²) in [6.45, 7) is 2.70. The van der Waals surface area contributed by atoms with E-state index in [9.17, 15) is 4.79 Å². The first-order chi connectivity index (χ1) is 9.65. The molecule has 3 N–H and O–H groups in total. The quantitative estimate of drug-likeness (QED) is 0.642. The molecule has 2 rings (SSSR count). The minimum atomic E-state index is -0.154. The number of nitrogens with zero attached hydrogens (tertiary/aromatic N) is 1. The highest BCUT2D eigenvalue weighted by Crippen LogP contribution is 2.12. The van der Waals surface area contributed by atoms with Gasteiger partial charge in [0.25, 0.3) is 5.91 Å². The molecule has 1 heterocycles. The van der Waals surface area contributed by atoms with Gasteiger partial charge in [-0.2, -0.15) is 0 Å². The number of ether oxygens (including phenoxy) is 1. The lowest BCUT2D eigenvalue weighted by Crippen LogP contribution is -2.28. The van der Waals surface area contributed by atoms with Crippen LogP contribution in [0.4, 0.5) is 5.69 Å². The minimum Gasteiger partial charge on any atom is -0.492 e. The van der Waals surface area contributed by atoms with Crippen LogP contribution < -0.4 is 15.8 Å². The van der Waals surface area contributed by atoms with E-state index < -0.39 is 0 Å². The van der Waals surface area contributed by atoms with Crippen molar-refractivity contribution in [2.24, 2.45) is 0 Å². The van der Waals surface area contributed by atoms with Crippen molar-refractivity contribution in [2.45, 2.75) is 6.92 Å². The Morgan fingerprint density at radius 1 is 1.25 bits per heavy atom. The molecule has 0 bridgehead atoms. The number of aryl methyl sites for hydroxylation is 1. The normalized spacial score (nSPS) is 10.1. The van der Waals surface area contributed by atoms with Gasteiger partial charge in [0.1, 0.15) is 12.4 Å². The summed E-state index contributed by atoms with van der Waals surface area (Å²) in [6.07, 6.45) is 1.56. The number of nitrogens with two attached hydrogens (primary N) is 1. The van der Waals surface area contributed by atoms with Crippen molar-refractivity contribution < 1.29 is 9.53 Å². The van der Waals surface area contributed by atoms with Crippen molar-refractivity contribution >= 4 is 11.6 Å². The Hall–Kier alpha value is -2.56. The molecular weight excluding hydrogens is 254 g/mol. The van der Waals surface area contributed by atoms with Crippen LogP contribution >= 0.6 is 0 Å². The van der Waals surface area contributed by atoms with Gasteiger partial charge in [0.05, 0.1) is 12.1 Å². The van der Waals surface area contributed by atoms with Crippen LogP contribution in [0.3, 0.4) is 0 Å². The van der Waals surface area contributed by atoms with Gasteiger partial charge in [-0.05, 0) is 43.3 Å². The molecule has 0 aliphatic carbocycles. The molecule has 20 heavy (non-hydrogen) atoms. The molecule has 5 nitrogen and oxygen atoms in total. The maximum absolute atomic E-state index is 11.8. The molecule has 0 spiro atoms. The Labute approximate surface area is 117 Å². The minimum absolute atomic E-state index is 0.154. The monoisotopic (exact) mass is 271 g/mol. The van der Waals surface area contributed by atoms with Gasteiger partial charge in [-0.25, -0.2) is 0 Å². The van der Waals surface area contributed by atoms with Gasteiger partial charge in [-0.3, -0.25) is 9.78 Å². The van der Waals surface area contributed by atoms with E-state index in [1.165, 1.54) is 0 Å². The van der Waals surface area contributed by atoms with Crippen LogP contribution in [0.1, 0.15) is 16.1 Å².